The molecule has 1 aliphatic rings. The summed E-state index contributed by atoms with van der Waals surface area (Å²) in [5, 5.41) is 0. The fourth-order valence-corrected chi connectivity index (χ4v) is 1.36. The molecule has 0 saturated carbocycles. The van der Waals surface area contributed by atoms with Crippen molar-refractivity contribution in [3.63, 3.8) is 0 Å². The van der Waals surface area contributed by atoms with Crippen molar-refractivity contribution < 1.29 is 23.9 Å². The van der Waals surface area contributed by atoms with Gasteiger partial charge in [0.05, 0.1) is 13.2 Å². The van der Waals surface area contributed by atoms with Crippen molar-refractivity contribution in [3.05, 3.63) is 0 Å². The number of rotatable bonds is 3. The molecule has 2 amide bonds. The van der Waals surface area contributed by atoms with Crippen LogP contribution in [0.5, 0.6) is 0 Å². The number of morpholine rings is 1. The smallest absolute Gasteiger partial charge is 0.431 e. The van der Waals surface area contributed by atoms with E-state index in [1.807, 2.05) is 0 Å². The molecule has 0 radical (unpaired) electrons. The SMILES string of the molecule is CC(C)(C)OC(=O)NOCC(=O)N1CCOCC1. The number of nitrogens with one attached hydrogen (secondary N) is 1. The van der Waals surface area contributed by atoms with E-state index < -0.39 is 11.7 Å². The molecule has 104 valence electrons. The predicted octanol–water partition coefficient (Wildman–Crippen LogP) is 0.302. The summed E-state index contributed by atoms with van der Waals surface area (Å²) in [4.78, 5) is 29.3. The number of ether oxygens (including phenoxy) is 2. The van der Waals surface area contributed by atoms with Crippen LogP contribution in [0, 0.1) is 0 Å². The first-order chi connectivity index (χ1) is 8.38. The van der Waals surface area contributed by atoms with Crippen LogP contribution in [0.2, 0.25) is 0 Å². The molecule has 1 N–H and O–H groups in total. The summed E-state index contributed by atoms with van der Waals surface area (Å²) < 4.78 is 10.1. The number of carbonyl (C=O) groups is 2. The highest BCUT2D eigenvalue weighted by Gasteiger charge is 2.19. The van der Waals surface area contributed by atoms with Crippen LogP contribution in [-0.2, 0) is 19.1 Å². The molecule has 0 unspecified atom stereocenters. The van der Waals surface area contributed by atoms with Gasteiger partial charge in [0.15, 0.2) is 6.61 Å². The van der Waals surface area contributed by atoms with Gasteiger partial charge in [-0.15, -0.1) is 0 Å². The highest BCUT2D eigenvalue weighted by atomic mass is 16.7. The van der Waals surface area contributed by atoms with Crippen LogP contribution in [0.1, 0.15) is 20.8 Å². The van der Waals surface area contributed by atoms with Crippen molar-refractivity contribution in [2.24, 2.45) is 0 Å². The molecule has 0 aromatic rings. The number of hydrogen-bond donors (Lipinski definition) is 1. The van der Waals surface area contributed by atoms with E-state index in [2.05, 4.69) is 5.48 Å². The number of hydrogen-bond acceptors (Lipinski definition) is 5. The lowest BCUT2D eigenvalue weighted by Gasteiger charge is -2.26. The number of amides is 2. The van der Waals surface area contributed by atoms with Crippen LogP contribution in [0.15, 0.2) is 0 Å². The quantitative estimate of drug-likeness (QED) is 0.739. The summed E-state index contributed by atoms with van der Waals surface area (Å²) in [6.07, 6.45) is -0.711. The molecule has 18 heavy (non-hydrogen) atoms. The minimum atomic E-state index is -0.711. The fourth-order valence-electron chi connectivity index (χ4n) is 1.36. The molecule has 0 atom stereocenters. The van der Waals surface area contributed by atoms with Gasteiger partial charge in [0.2, 0.25) is 0 Å². The molecule has 1 saturated heterocycles. The minimum Gasteiger partial charge on any atom is -0.442 e. The first kappa shape index (κ1) is 14.7. The zero-order valence-corrected chi connectivity index (χ0v) is 11.0. The molecule has 0 aliphatic carbocycles. The van der Waals surface area contributed by atoms with E-state index >= 15 is 0 Å². The second-order valence-electron chi connectivity index (χ2n) is 4.89. The van der Waals surface area contributed by atoms with Crippen LogP contribution < -0.4 is 5.48 Å². The lowest BCUT2D eigenvalue weighted by atomic mass is 10.2. The molecule has 7 heteroatoms. The highest BCUT2D eigenvalue weighted by Crippen LogP contribution is 2.06. The van der Waals surface area contributed by atoms with E-state index in [1.165, 1.54) is 0 Å². The number of carbonyl (C=O) groups excluding carboxylic acids is 2. The van der Waals surface area contributed by atoms with Gasteiger partial charge in [0.25, 0.3) is 5.91 Å². The van der Waals surface area contributed by atoms with E-state index in [0.717, 1.165) is 0 Å². The van der Waals surface area contributed by atoms with Crippen molar-refractivity contribution >= 4 is 12.0 Å². The van der Waals surface area contributed by atoms with Crippen molar-refractivity contribution in [3.8, 4) is 0 Å². The van der Waals surface area contributed by atoms with Crippen molar-refractivity contribution in [1.29, 1.82) is 0 Å². The summed E-state index contributed by atoms with van der Waals surface area (Å²) in [7, 11) is 0. The van der Waals surface area contributed by atoms with Gasteiger partial charge in [-0.3, -0.25) is 9.63 Å². The summed E-state index contributed by atoms with van der Waals surface area (Å²) in [6, 6.07) is 0. The van der Waals surface area contributed by atoms with E-state index in [-0.39, 0.29) is 12.5 Å². The molecular weight excluding hydrogens is 240 g/mol. The van der Waals surface area contributed by atoms with E-state index in [4.69, 9.17) is 14.3 Å². The molecule has 0 bridgehead atoms. The minimum absolute atomic E-state index is 0.186. The van der Waals surface area contributed by atoms with Gasteiger partial charge in [-0.2, -0.15) is 5.48 Å². The summed E-state index contributed by atoms with van der Waals surface area (Å²) >= 11 is 0. The molecule has 0 aromatic heterocycles. The van der Waals surface area contributed by atoms with Gasteiger partial charge in [0.1, 0.15) is 5.60 Å². The maximum absolute atomic E-state index is 11.6. The average molecular weight is 260 g/mol. The Morgan fingerprint density at radius 1 is 1.28 bits per heavy atom. The topological polar surface area (TPSA) is 77.1 Å². The third-order valence-electron chi connectivity index (χ3n) is 2.11. The summed E-state index contributed by atoms with van der Waals surface area (Å²) in [5.74, 6) is -0.186. The summed E-state index contributed by atoms with van der Waals surface area (Å²) in [5.41, 5.74) is 1.47. The standard InChI is InChI=1S/C11H20N2O5/c1-11(2,3)18-10(15)12-17-8-9(14)13-4-6-16-7-5-13/h4-8H2,1-3H3,(H,12,15). The van der Waals surface area contributed by atoms with Crippen LogP contribution in [0.4, 0.5) is 4.79 Å². The Morgan fingerprint density at radius 3 is 2.44 bits per heavy atom. The normalized spacial score (nSPS) is 16.3. The first-order valence-corrected chi connectivity index (χ1v) is 5.85. The zero-order valence-electron chi connectivity index (χ0n) is 11.0. The lowest BCUT2D eigenvalue weighted by molar-refractivity contribution is -0.142. The Balaban J connectivity index is 2.17. The Hall–Kier alpha value is -1.34. The lowest BCUT2D eigenvalue weighted by Crippen LogP contribution is -2.43. The zero-order chi connectivity index (χ0) is 13.6. The predicted molar refractivity (Wildman–Crippen MR) is 62.7 cm³/mol. The molecule has 0 aromatic carbocycles. The van der Waals surface area contributed by atoms with Crippen molar-refractivity contribution in [1.82, 2.24) is 10.4 Å². The number of hydroxylamine groups is 1. The van der Waals surface area contributed by atoms with Crippen LogP contribution in [0.25, 0.3) is 0 Å². The third kappa shape index (κ3) is 5.83. The molecule has 1 fully saturated rings. The second kappa shape index (κ2) is 6.55. The Kier molecular flexibility index (Phi) is 5.36. The van der Waals surface area contributed by atoms with Gasteiger partial charge >= 0.3 is 6.09 Å². The van der Waals surface area contributed by atoms with Crippen molar-refractivity contribution in [2.45, 2.75) is 26.4 Å². The van der Waals surface area contributed by atoms with Crippen LogP contribution in [0.3, 0.4) is 0 Å². The Morgan fingerprint density at radius 2 is 1.89 bits per heavy atom. The average Bonchev–Trinajstić information content (AvgIpc) is 2.27. The molecule has 1 heterocycles. The Bertz CT molecular complexity index is 294. The first-order valence-electron chi connectivity index (χ1n) is 5.85. The van der Waals surface area contributed by atoms with E-state index in [9.17, 15) is 9.59 Å². The fraction of sp³-hybridized carbons (Fsp3) is 0.818. The van der Waals surface area contributed by atoms with Gasteiger partial charge in [-0.1, -0.05) is 0 Å². The second-order valence-corrected chi connectivity index (χ2v) is 4.89. The maximum atomic E-state index is 11.6. The molecule has 1 aliphatic heterocycles. The van der Waals surface area contributed by atoms with E-state index in [1.54, 1.807) is 25.7 Å². The van der Waals surface area contributed by atoms with Gasteiger partial charge in [0, 0.05) is 13.1 Å². The monoisotopic (exact) mass is 260 g/mol. The molecule has 1 rings (SSSR count). The van der Waals surface area contributed by atoms with Gasteiger partial charge in [-0.05, 0) is 20.8 Å². The van der Waals surface area contributed by atoms with Gasteiger partial charge in [-0.25, -0.2) is 4.79 Å². The summed E-state index contributed by atoms with van der Waals surface area (Å²) in [6.45, 7) is 7.18. The molecular formula is C11H20N2O5. The highest BCUT2D eigenvalue weighted by molar-refractivity contribution is 5.77. The van der Waals surface area contributed by atoms with Crippen LogP contribution in [-0.4, -0.2) is 55.4 Å². The maximum Gasteiger partial charge on any atom is 0.431 e. The molecule has 0 spiro atoms. The van der Waals surface area contributed by atoms with Crippen molar-refractivity contribution in [2.75, 3.05) is 32.9 Å². The van der Waals surface area contributed by atoms with Gasteiger partial charge < -0.3 is 14.4 Å². The third-order valence-corrected chi connectivity index (χ3v) is 2.11. The van der Waals surface area contributed by atoms with E-state index in [0.29, 0.717) is 26.3 Å². The molecule has 7 nitrogen and oxygen atoms in total. The van der Waals surface area contributed by atoms with Crippen LogP contribution >= 0.6 is 0 Å². The Labute approximate surface area is 106 Å². The largest absolute Gasteiger partial charge is 0.442 e. The number of nitrogens with zero attached hydrogens (tertiary/aromatic N) is 1.